The minimum atomic E-state index is -3.77. The van der Waals surface area contributed by atoms with E-state index in [0.29, 0.717) is 18.5 Å². The molecule has 1 heterocycles. The van der Waals surface area contributed by atoms with Crippen LogP contribution in [0.1, 0.15) is 19.3 Å². The van der Waals surface area contributed by atoms with Gasteiger partial charge in [-0.3, -0.25) is 10.1 Å². The highest BCUT2D eigenvalue weighted by Crippen LogP contribution is 2.32. The molecule has 1 aliphatic carbocycles. The van der Waals surface area contributed by atoms with Gasteiger partial charge in [0.25, 0.3) is 5.69 Å². The van der Waals surface area contributed by atoms with E-state index in [0.717, 1.165) is 25.6 Å². The average molecular weight is 355 g/mol. The summed E-state index contributed by atoms with van der Waals surface area (Å²) in [6.07, 6.45) is 3.48. The molecular formula is C15H21N3O5S. The van der Waals surface area contributed by atoms with Crippen LogP contribution in [-0.2, 0) is 10.0 Å². The highest BCUT2D eigenvalue weighted by atomic mass is 32.2. The molecule has 1 N–H and O–H groups in total. The number of non-ortho nitro benzene ring substituents is 1. The van der Waals surface area contributed by atoms with Crippen LogP contribution < -0.4 is 9.46 Å². The third-order valence-corrected chi connectivity index (χ3v) is 6.05. The van der Waals surface area contributed by atoms with Gasteiger partial charge in [-0.25, -0.2) is 13.1 Å². The van der Waals surface area contributed by atoms with Crippen molar-refractivity contribution in [1.82, 2.24) is 9.62 Å². The van der Waals surface area contributed by atoms with E-state index in [1.807, 2.05) is 0 Å². The maximum atomic E-state index is 12.5. The molecule has 0 aromatic heterocycles. The summed E-state index contributed by atoms with van der Waals surface area (Å²) >= 11 is 0. The summed E-state index contributed by atoms with van der Waals surface area (Å²) < 4.78 is 32.6. The summed E-state index contributed by atoms with van der Waals surface area (Å²) in [5.74, 6) is 0.271. The van der Waals surface area contributed by atoms with Crippen molar-refractivity contribution in [3.8, 4) is 5.75 Å². The Kier molecular flexibility index (Phi) is 4.75. The Hall–Kier alpha value is -1.71. The molecule has 0 unspecified atom stereocenters. The summed E-state index contributed by atoms with van der Waals surface area (Å²) in [4.78, 5) is 12.6. The molecule has 2 aliphatic rings. The van der Waals surface area contributed by atoms with E-state index < -0.39 is 14.9 Å². The Morgan fingerprint density at radius 3 is 2.75 bits per heavy atom. The molecular weight excluding hydrogens is 334 g/mol. The number of hydrogen-bond acceptors (Lipinski definition) is 6. The zero-order valence-electron chi connectivity index (χ0n) is 13.5. The van der Waals surface area contributed by atoms with E-state index in [9.17, 15) is 18.5 Å². The number of rotatable bonds is 7. The van der Waals surface area contributed by atoms with E-state index in [1.165, 1.54) is 32.1 Å². The zero-order valence-corrected chi connectivity index (χ0v) is 14.3. The second kappa shape index (κ2) is 6.66. The van der Waals surface area contributed by atoms with Crippen LogP contribution in [0.3, 0.4) is 0 Å². The molecule has 0 amide bonds. The number of nitro benzene ring substituents is 1. The lowest BCUT2D eigenvalue weighted by Crippen LogP contribution is -2.31. The minimum Gasteiger partial charge on any atom is -0.495 e. The van der Waals surface area contributed by atoms with Crippen molar-refractivity contribution >= 4 is 15.7 Å². The van der Waals surface area contributed by atoms with Gasteiger partial charge in [0.15, 0.2) is 0 Å². The van der Waals surface area contributed by atoms with Crippen molar-refractivity contribution in [2.75, 3.05) is 26.7 Å². The maximum Gasteiger partial charge on any atom is 0.273 e. The number of nitro groups is 1. The van der Waals surface area contributed by atoms with Crippen molar-refractivity contribution in [3.05, 3.63) is 28.3 Å². The Bertz CT molecular complexity index is 733. The number of likely N-dealkylation sites (tertiary alicyclic amines) is 1. The fraction of sp³-hybridized carbons (Fsp3) is 0.600. The van der Waals surface area contributed by atoms with Gasteiger partial charge in [0, 0.05) is 25.2 Å². The van der Waals surface area contributed by atoms with Crippen molar-refractivity contribution in [3.63, 3.8) is 0 Å². The normalized spacial score (nSPS) is 21.8. The van der Waals surface area contributed by atoms with Crippen LogP contribution in [0.2, 0.25) is 0 Å². The van der Waals surface area contributed by atoms with Gasteiger partial charge in [0.1, 0.15) is 10.6 Å². The van der Waals surface area contributed by atoms with Gasteiger partial charge in [0.05, 0.1) is 18.1 Å². The first-order valence-corrected chi connectivity index (χ1v) is 9.45. The van der Waals surface area contributed by atoms with Crippen molar-refractivity contribution in [2.24, 2.45) is 5.92 Å². The molecule has 1 aromatic carbocycles. The molecule has 1 saturated carbocycles. The molecule has 1 aliphatic heterocycles. The van der Waals surface area contributed by atoms with Gasteiger partial charge >= 0.3 is 0 Å². The topological polar surface area (TPSA) is 102 Å². The first-order valence-electron chi connectivity index (χ1n) is 7.97. The molecule has 0 bridgehead atoms. The predicted molar refractivity (Wildman–Crippen MR) is 87.5 cm³/mol. The van der Waals surface area contributed by atoms with Crippen molar-refractivity contribution in [1.29, 1.82) is 0 Å². The van der Waals surface area contributed by atoms with Crippen molar-refractivity contribution < 1.29 is 18.1 Å². The fourth-order valence-corrected chi connectivity index (χ4v) is 4.36. The van der Waals surface area contributed by atoms with Gasteiger partial charge in [-0.05, 0) is 37.8 Å². The van der Waals surface area contributed by atoms with Gasteiger partial charge in [0.2, 0.25) is 10.0 Å². The molecule has 9 heteroatoms. The molecule has 132 valence electrons. The average Bonchev–Trinajstić information content (AvgIpc) is 3.30. The van der Waals surface area contributed by atoms with Crippen LogP contribution in [0.25, 0.3) is 0 Å². The van der Waals surface area contributed by atoms with Crippen LogP contribution in [0.5, 0.6) is 5.75 Å². The number of hydrogen-bond donors (Lipinski definition) is 1. The van der Waals surface area contributed by atoms with Crippen LogP contribution in [0, 0.1) is 16.0 Å². The molecule has 1 saturated heterocycles. The van der Waals surface area contributed by atoms with Crippen molar-refractivity contribution in [2.45, 2.75) is 30.2 Å². The number of sulfonamides is 1. The van der Waals surface area contributed by atoms with Gasteiger partial charge < -0.3 is 9.64 Å². The molecule has 2 fully saturated rings. The molecule has 24 heavy (non-hydrogen) atoms. The highest BCUT2D eigenvalue weighted by molar-refractivity contribution is 7.89. The molecule has 0 spiro atoms. The van der Waals surface area contributed by atoms with Crippen LogP contribution in [-0.4, -0.2) is 51.0 Å². The van der Waals surface area contributed by atoms with E-state index in [-0.39, 0.29) is 16.3 Å². The van der Waals surface area contributed by atoms with Gasteiger partial charge in [-0.2, -0.15) is 0 Å². The Balaban J connectivity index is 1.67. The molecule has 8 nitrogen and oxygen atoms in total. The lowest BCUT2D eigenvalue weighted by atomic mass is 10.1. The van der Waals surface area contributed by atoms with E-state index in [2.05, 4.69) is 9.62 Å². The third kappa shape index (κ3) is 3.68. The maximum absolute atomic E-state index is 12.5. The third-order valence-electron chi connectivity index (χ3n) is 4.59. The largest absolute Gasteiger partial charge is 0.495 e. The summed E-state index contributed by atoms with van der Waals surface area (Å²) in [7, 11) is -2.48. The fourth-order valence-electron chi connectivity index (χ4n) is 3.10. The zero-order chi connectivity index (χ0) is 17.3. The van der Waals surface area contributed by atoms with Crippen LogP contribution >= 0.6 is 0 Å². The minimum absolute atomic E-state index is 0.0253. The first-order chi connectivity index (χ1) is 11.4. The highest BCUT2D eigenvalue weighted by Gasteiger charge is 2.34. The van der Waals surface area contributed by atoms with E-state index in [1.54, 1.807) is 0 Å². The summed E-state index contributed by atoms with van der Waals surface area (Å²) in [6, 6.07) is 4.20. The molecule has 1 atom stereocenters. The van der Waals surface area contributed by atoms with E-state index >= 15 is 0 Å². The Morgan fingerprint density at radius 2 is 2.12 bits per heavy atom. The summed E-state index contributed by atoms with van der Waals surface area (Å²) in [6.45, 7) is 2.31. The number of nitrogens with zero attached hydrogens (tertiary/aromatic N) is 2. The second-order valence-corrected chi connectivity index (χ2v) is 8.06. The molecule has 1 aromatic rings. The number of ether oxygens (including phenoxy) is 1. The summed E-state index contributed by atoms with van der Waals surface area (Å²) in [5.41, 5.74) is -0.207. The van der Waals surface area contributed by atoms with Gasteiger partial charge in [-0.1, -0.05) is 0 Å². The first kappa shape index (κ1) is 17.1. The lowest BCUT2D eigenvalue weighted by molar-refractivity contribution is -0.385. The number of methoxy groups -OCH3 is 1. The summed E-state index contributed by atoms with van der Waals surface area (Å²) in [5, 5.41) is 10.8. The van der Waals surface area contributed by atoms with Crippen LogP contribution in [0.15, 0.2) is 23.1 Å². The van der Waals surface area contributed by atoms with Crippen LogP contribution in [0.4, 0.5) is 5.69 Å². The smallest absolute Gasteiger partial charge is 0.273 e. The molecule has 0 radical (unpaired) electrons. The quantitative estimate of drug-likeness (QED) is 0.585. The Labute approximate surface area is 141 Å². The Morgan fingerprint density at radius 1 is 1.38 bits per heavy atom. The monoisotopic (exact) mass is 355 g/mol. The van der Waals surface area contributed by atoms with Gasteiger partial charge in [-0.15, -0.1) is 0 Å². The SMILES string of the molecule is COc1cc([N+](=O)[O-])ccc1S(=O)(=O)NC[C@H]1CCN(C2CC2)C1. The second-order valence-electron chi connectivity index (χ2n) is 6.32. The van der Waals surface area contributed by atoms with E-state index in [4.69, 9.17) is 4.74 Å². The standard InChI is InChI=1S/C15H21N3O5S/c1-23-14-8-13(18(19)20)4-5-15(14)24(21,22)16-9-11-6-7-17(10-11)12-2-3-12/h4-5,8,11-12,16H,2-3,6-7,9-10H2,1H3/t11-/m1/s1. The number of nitrogens with one attached hydrogen (secondary N) is 1. The predicted octanol–water partition coefficient (Wildman–Crippen LogP) is 1.37. The molecule has 3 rings (SSSR count). The lowest BCUT2D eigenvalue weighted by Gasteiger charge is -2.16. The number of benzene rings is 1.